The highest BCUT2D eigenvalue weighted by Crippen LogP contribution is 2.13. The molecule has 0 N–H and O–H groups in total. The summed E-state index contributed by atoms with van der Waals surface area (Å²) < 4.78 is 9.91. The van der Waals surface area contributed by atoms with Crippen LogP contribution in [0.1, 0.15) is 33.6 Å². The average molecular weight is 259 g/mol. The fourth-order valence-corrected chi connectivity index (χ4v) is 1.25. The maximum atomic E-state index is 11.3. The van der Waals surface area contributed by atoms with E-state index >= 15 is 0 Å². The maximum absolute atomic E-state index is 11.3. The Kier molecular flexibility index (Phi) is 5.08. The molecule has 7 heteroatoms. The van der Waals surface area contributed by atoms with Crippen LogP contribution in [-0.4, -0.2) is 35.9 Å². The second-order valence-electron chi connectivity index (χ2n) is 4.34. The van der Waals surface area contributed by atoms with Crippen LogP contribution < -0.4 is 0 Å². The predicted octanol–water partition coefficient (Wildman–Crippen LogP) is 1.22. The van der Waals surface area contributed by atoms with Crippen LogP contribution in [0.15, 0.2) is 0 Å². The van der Waals surface area contributed by atoms with Crippen LogP contribution >= 0.6 is 0 Å². The van der Waals surface area contributed by atoms with E-state index in [0.29, 0.717) is 17.6 Å². The van der Waals surface area contributed by atoms with Crippen molar-refractivity contribution >= 4 is 18.0 Å². The lowest BCUT2D eigenvalue weighted by Crippen LogP contribution is -2.33. The van der Waals surface area contributed by atoms with Crippen LogP contribution in [0, 0.1) is 5.92 Å². The van der Waals surface area contributed by atoms with Crippen LogP contribution in [-0.2, 0) is 23.9 Å². The molecule has 0 radical (unpaired) electrons. The summed E-state index contributed by atoms with van der Waals surface area (Å²) in [5, 5.41) is 0.428. The van der Waals surface area contributed by atoms with Crippen molar-refractivity contribution in [1.29, 1.82) is 0 Å². The van der Waals surface area contributed by atoms with Crippen LogP contribution in [0.25, 0.3) is 0 Å². The Morgan fingerprint density at radius 3 is 2.28 bits per heavy atom. The first kappa shape index (κ1) is 14.4. The lowest BCUT2D eigenvalue weighted by atomic mass is 10.2. The zero-order valence-corrected chi connectivity index (χ0v) is 10.7. The minimum Gasteiger partial charge on any atom is -0.403 e. The summed E-state index contributed by atoms with van der Waals surface area (Å²) in [5.74, 6) is -0.797. The molecule has 1 aliphatic rings. The van der Waals surface area contributed by atoms with Crippen molar-refractivity contribution in [3.05, 3.63) is 0 Å². The highest BCUT2D eigenvalue weighted by molar-refractivity contribution is 6.01. The van der Waals surface area contributed by atoms with Crippen molar-refractivity contribution < 1.29 is 28.7 Å². The molecule has 1 unspecified atom stereocenters. The monoisotopic (exact) mass is 259 g/mol. The number of hydroxylamine groups is 2. The van der Waals surface area contributed by atoms with Gasteiger partial charge in [-0.1, -0.05) is 18.9 Å². The number of amides is 2. The van der Waals surface area contributed by atoms with Crippen molar-refractivity contribution in [2.24, 2.45) is 5.92 Å². The first-order valence-corrected chi connectivity index (χ1v) is 5.76. The van der Waals surface area contributed by atoms with E-state index < -0.39 is 24.3 Å². The summed E-state index contributed by atoms with van der Waals surface area (Å²) in [5.41, 5.74) is 0. The zero-order valence-electron chi connectivity index (χ0n) is 10.7. The molecular weight excluding hydrogens is 242 g/mol. The Morgan fingerprint density at radius 2 is 1.78 bits per heavy atom. The molecule has 1 aliphatic heterocycles. The van der Waals surface area contributed by atoms with Crippen LogP contribution in [0.5, 0.6) is 0 Å². The third-order valence-corrected chi connectivity index (χ3v) is 2.10. The van der Waals surface area contributed by atoms with Crippen LogP contribution in [0.2, 0.25) is 0 Å². The molecule has 0 aromatic heterocycles. The van der Waals surface area contributed by atoms with Crippen molar-refractivity contribution in [2.45, 2.75) is 39.9 Å². The summed E-state index contributed by atoms with van der Waals surface area (Å²) >= 11 is 0. The van der Waals surface area contributed by atoms with Gasteiger partial charge in [0.1, 0.15) is 0 Å². The van der Waals surface area contributed by atoms with Gasteiger partial charge in [-0.05, 0) is 12.8 Å². The second kappa shape index (κ2) is 6.34. The number of hydrogen-bond acceptors (Lipinski definition) is 6. The molecule has 2 amide bonds. The van der Waals surface area contributed by atoms with Gasteiger partial charge in [0.15, 0.2) is 0 Å². The topological polar surface area (TPSA) is 82.1 Å². The summed E-state index contributed by atoms with van der Waals surface area (Å²) in [6.07, 6.45) is -1.83. The van der Waals surface area contributed by atoms with Crippen LogP contribution in [0.4, 0.5) is 4.79 Å². The quantitative estimate of drug-likeness (QED) is 0.419. The van der Waals surface area contributed by atoms with Gasteiger partial charge in [0.2, 0.25) is 6.29 Å². The summed E-state index contributed by atoms with van der Waals surface area (Å²) in [7, 11) is 0. The molecule has 0 spiro atoms. The van der Waals surface area contributed by atoms with Crippen molar-refractivity contribution in [1.82, 2.24) is 5.06 Å². The fourth-order valence-electron chi connectivity index (χ4n) is 1.25. The number of ether oxygens (including phenoxy) is 2. The van der Waals surface area contributed by atoms with Gasteiger partial charge < -0.3 is 9.47 Å². The summed E-state index contributed by atoms with van der Waals surface area (Å²) in [6, 6.07) is 0. The molecule has 7 nitrogen and oxygen atoms in total. The standard InChI is InChI=1S/C11H17NO6/c1-7(2)6-16-8(3)17-11(15)18-12-9(13)4-5-10(12)14/h7-8H,4-6H2,1-3H3. The van der Waals surface area contributed by atoms with Crippen molar-refractivity contribution in [3.8, 4) is 0 Å². The molecule has 0 saturated carbocycles. The lowest BCUT2D eigenvalue weighted by Gasteiger charge is -2.17. The van der Waals surface area contributed by atoms with Gasteiger partial charge in [0.25, 0.3) is 11.8 Å². The second-order valence-corrected chi connectivity index (χ2v) is 4.34. The van der Waals surface area contributed by atoms with Gasteiger partial charge in [-0.25, -0.2) is 4.79 Å². The SMILES string of the molecule is CC(C)COC(C)OC(=O)ON1C(=O)CCC1=O. The molecule has 102 valence electrons. The normalized spacial score (nSPS) is 17.2. The number of imide groups is 1. The third-order valence-electron chi connectivity index (χ3n) is 2.10. The van der Waals surface area contributed by atoms with Gasteiger partial charge in [-0.15, -0.1) is 0 Å². The Hall–Kier alpha value is -1.63. The number of nitrogens with zero attached hydrogens (tertiary/aromatic N) is 1. The van der Waals surface area contributed by atoms with E-state index in [0.717, 1.165) is 0 Å². The average Bonchev–Trinajstić information content (AvgIpc) is 2.58. The fraction of sp³-hybridized carbons (Fsp3) is 0.727. The van der Waals surface area contributed by atoms with Gasteiger partial charge in [0.05, 0.1) is 6.61 Å². The maximum Gasteiger partial charge on any atom is 0.536 e. The number of carbonyl (C=O) groups is 3. The third kappa shape index (κ3) is 4.33. The largest absolute Gasteiger partial charge is 0.536 e. The van der Waals surface area contributed by atoms with E-state index in [4.69, 9.17) is 9.47 Å². The van der Waals surface area contributed by atoms with Gasteiger partial charge in [-0.3, -0.25) is 14.4 Å². The van der Waals surface area contributed by atoms with Crippen LogP contribution in [0.3, 0.4) is 0 Å². The van der Waals surface area contributed by atoms with E-state index in [9.17, 15) is 14.4 Å². The highest BCUT2D eigenvalue weighted by Gasteiger charge is 2.33. The molecule has 1 rings (SSSR count). The molecule has 1 heterocycles. The Labute approximate surface area is 105 Å². The van der Waals surface area contributed by atoms with Crippen molar-refractivity contribution in [3.63, 3.8) is 0 Å². The Morgan fingerprint density at radius 1 is 1.22 bits per heavy atom. The molecule has 0 bridgehead atoms. The molecule has 1 atom stereocenters. The lowest BCUT2D eigenvalue weighted by molar-refractivity contribution is -0.188. The highest BCUT2D eigenvalue weighted by atomic mass is 16.9. The van der Waals surface area contributed by atoms with Gasteiger partial charge >= 0.3 is 6.16 Å². The molecule has 0 aliphatic carbocycles. The van der Waals surface area contributed by atoms with Gasteiger partial charge in [-0.2, -0.15) is 0 Å². The molecule has 1 saturated heterocycles. The predicted molar refractivity (Wildman–Crippen MR) is 58.9 cm³/mol. The van der Waals surface area contributed by atoms with E-state index in [2.05, 4.69) is 4.84 Å². The Balaban J connectivity index is 2.32. The minimum absolute atomic E-state index is 0.0471. The van der Waals surface area contributed by atoms with E-state index in [1.165, 1.54) is 6.92 Å². The summed E-state index contributed by atoms with van der Waals surface area (Å²) in [4.78, 5) is 38.1. The summed E-state index contributed by atoms with van der Waals surface area (Å²) in [6.45, 7) is 5.85. The first-order chi connectivity index (χ1) is 8.40. The molecular formula is C11H17NO6. The first-order valence-electron chi connectivity index (χ1n) is 5.76. The van der Waals surface area contributed by atoms with E-state index in [1.54, 1.807) is 0 Å². The van der Waals surface area contributed by atoms with Gasteiger partial charge in [0, 0.05) is 12.8 Å². The molecule has 0 aromatic rings. The smallest absolute Gasteiger partial charge is 0.403 e. The molecule has 0 aromatic carbocycles. The number of carbonyl (C=O) groups excluding carboxylic acids is 3. The van der Waals surface area contributed by atoms with E-state index in [-0.39, 0.29) is 12.8 Å². The zero-order chi connectivity index (χ0) is 13.7. The molecule has 18 heavy (non-hydrogen) atoms. The number of rotatable bonds is 5. The van der Waals surface area contributed by atoms with Crippen molar-refractivity contribution in [2.75, 3.05) is 6.61 Å². The number of hydrogen-bond donors (Lipinski definition) is 0. The minimum atomic E-state index is -1.13. The van der Waals surface area contributed by atoms with E-state index in [1.807, 2.05) is 13.8 Å². The molecule has 1 fully saturated rings. The Bertz CT molecular complexity index is 324.